The summed E-state index contributed by atoms with van der Waals surface area (Å²) in [5.41, 5.74) is 0.965. The molecule has 114 valence electrons. The lowest BCUT2D eigenvalue weighted by atomic mass is 10.1. The van der Waals surface area contributed by atoms with E-state index in [1.54, 1.807) is 12.1 Å². The Morgan fingerprint density at radius 1 is 1.27 bits per heavy atom. The summed E-state index contributed by atoms with van der Waals surface area (Å²) >= 11 is 0.677. The molecule has 1 aliphatic rings. The Bertz CT molecular complexity index is 679. The zero-order chi connectivity index (χ0) is 16.3. The van der Waals surface area contributed by atoms with Crippen molar-refractivity contribution in [2.45, 2.75) is 0 Å². The molecule has 2 amide bonds. The van der Waals surface area contributed by atoms with E-state index >= 15 is 0 Å². The van der Waals surface area contributed by atoms with Gasteiger partial charge in [0, 0.05) is 0 Å². The number of nitrogens with zero attached hydrogens (tertiary/aromatic N) is 1. The predicted molar refractivity (Wildman–Crippen MR) is 78.1 cm³/mol. The Hall–Kier alpha value is -2.61. The molecule has 0 aliphatic carbocycles. The summed E-state index contributed by atoms with van der Waals surface area (Å²) in [5.74, 6) is -2.38. The van der Waals surface area contributed by atoms with Gasteiger partial charge in [-0.3, -0.25) is 19.3 Å². The number of amides is 2. The normalized spacial score (nSPS) is 16.2. The lowest BCUT2D eigenvalue weighted by Crippen LogP contribution is -2.33. The van der Waals surface area contributed by atoms with Crippen molar-refractivity contribution in [3.05, 3.63) is 40.3 Å². The van der Waals surface area contributed by atoms with Crippen molar-refractivity contribution >= 4 is 40.9 Å². The van der Waals surface area contributed by atoms with Crippen molar-refractivity contribution in [1.29, 1.82) is 0 Å². The number of methoxy groups -OCH3 is 1. The van der Waals surface area contributed by atoms with E-state index in [2.05, 4.69) is 4.74 Å². The van der Waals surface area contributed by atoms with Crippen molar-refractivity contribution in [2.24, 2.45) is 0 Å². The van der Waals surface area contributed by atoms with Gasteiger partial charge in [-0.2, -0.15) is 0 Å². The highest BCUT2D eigenvalue weighted by atomic mass is 32.2. The van der Waals surface area contributed by atoms with E-state index in [0.717, 1.165) is 0 Å². The number of thioether (sulfide) groups is 1. The molecule has 1 aromatic carbocycles. The van der Waals surface area contributed by atoms with Crippen molar-refractivity contribution in [1.82, 2.24) is 4.90 Å². The van der Waals surface area contributed by atoms with E-state index in [4.69, 9.17) is 5.11 Å². The monoisotopic (exact) mass is 321 g/mol. The van der Waals surface area contributed by atoms with Crippen LogP contribution in [0, 0.1) is 0 Å². The number of carbonyl (C=O) groups excluding carboxylic acids is 3. The summed E-state index contributed by atoms with van der Waals surface area (Å²) in [4.78, 5) is 46.3. The predicted octanol–water partition coefficient (Wildman–Crippen LogP) is 1.59. The number of hydrogen-bond donors (Lipinski definition) is 1. The molecule has 0 bridgehead atoms. The van der Waals surface area contributed by atoms with Crippen LogP contribution in [0.3, 0.4) is 0 Å². The van der Waals surface area contributed by atoms with Crippen LogP contribution in [0.1, 0.15) is 15.9 Å². The maximum Gasteiger partial charge on any atom is 0.337 e. The molecule has 1 heterocycles. The van der Waals surface area contributed by atoms with Crippen LogP contribution in [0.5, 0.6) is 0 Å². The summed E-state index contributed by atoms with van der Waals surface area (Å²) in [6.07, 6.45) is 1.47. The van der Waals surface area contributed by atoms with Crippen LogP contribution in [0.15, 0.2) is 29.2 Å². The third kappa shape index (κ3) is 3.34. The van der Waals surface area contributed by atoms with Crippen LogP contribution in [0.25, 0.3) is 6.08 Å². The third-order valence-corrected chi connectivity index (χ3v) is 3.70. The quantitative estimate of drug-likeness (QED) is 0.664. The van der Waals surface area contributed by atoms with E-state index in [0.29, 0.717) is 27.8 Å². The third-order valence-electron chi connectivity index (χ3n) is 2.80. The molecule has 0 unspecified atom stereocenters. The van der Waals surface area contributed by atoms with Crippen molar-refractivity contribution in [3.8, 4) is 0 Å². The van der Waals surface area contributed by atoms with E-state index < -0.39 is 29.6 Å². The molecular formula is C14H11NO6S. The van der Waals surface area contributed by atoms with Crippen LogP contribution in [-0.2, 0) is 14.3 Å². The van der Waals surface area contributed by atoms with Gasteiger partial charge in [0.15, 0.2) is 0 Å². The highest BCUT2D eigenvalue weighted by molar-refractivity contribution is 8.18. The number of hydrogen-bond acceptors (Lipinski definition) is 6. The lowest BCUT2D eigenvalue weighted by Gasteiger charge is -2.07. The molecule has 0 saturated carbocycles. The minimum atomic E-state index is -1.26. The van der Waals surface area contributed by atoms with E-state index in [-0.39, 0.29) is 4.91 Å². The maximum atomic E-state index is 12.0. The molecule has 8 heteroatoms. The summed E-state index contributed by atoms with van der Waals surface area (Å²) in [5, 5.41) is 8.05. The molecule has 0 aromatic heterocycles. The first kappa shape index (κ1) is 15.8. The first-order valence-electron chi connectivity index (χ1n) is 6.08. The van der Waals surface area contributed by atoms with Crippen LogP contribution >= 0.6 is 11.8 Å². The van der Waals surface area contributed by atoms with Crippen molar-refractivity contribution in [2.75, 3.05) is 13.7 Å². The molecule has 1 aromatic rings. The van der Waals surface area contributed by atoms with Gasteiger partial charge in [0.25, 0.3) is 11.1 Å². The summed E-state index contributed by atoms with van der Waals surface area (Å²) < 4.78 is 4.57. The van der Waals surface area contributed by atoms with Crippen LogP contribution in [0.2, 0.25) is 0 Å². The zero-order valence-electron chi connectivity index (χ0n) is 11.4. The first-order chi connectivity index (χ1) is 10.4. The number of carboxylic acids is 1. The first-order valence-corrected chi connectivity index (χ1v) is 6.89. The second kappa shape index (κ2) is 6.44. The number of benzene rings is 1. The van der Waals surface area contributed by atoms with Gasteiger partial charge in [-0.25, -0.2) is 4.79 Å². The number of aliphatic carboxylic acids is 1. The minimum absolute atomic E-state index is 0.136. The molecule has 1 fully saturated rings. The number of esters is 1. The average Bonchev–Trinajstić information content (AvgIpc) is 2.74. The van der Waals surface area contributed by atoms with Crippen LogP contribution in [-0.4, -0.2) is 46.7 Å². The molecule has 0 spiro atoms. The maximum absolute atomic E-state index is 12.0. The zero-order valence-corrected chi connectivity index (χ0v) is 12.3. The summed E-state index contributed by atoms with van der Waals surface area (Å²) in [7, 11) is 1.27. The minimum Gasteiger partial charge on any atom is -0.480 e. The van der Waals surface area contributed by atoms with Crippen molar-refractivity contribution < 1.29 is 29.0 Å². The van der Waals surface area contributed by atoms with Gasteiger partial charge in [-0.1, -0.05) is 12.1 Å². The second-order valence-corrected chi connectivity index (χ2v) is 5.27. The van der Waals surface area contributed by atoms with Gasteiger partial charge >= 0.3 is 11.9 Å². The Morgan fingerprint density at radius 2 is 1.91 bits per heavy atom. The summed E-state index contributed by atoms with van der Waals surface area (Å²) in [6, 6.07) is 6.24. The van der Waals surface area contributed by atoms with Gasteiger partial charge in [-0.15, -0.1) is 0 Å². The van der Waals surface area contributed by atoms with Gasteiger partial charge in [0.2, 0.25) is 0 Å². The smallest absolute Gasteiger partial charge is 0.337 e. The van der Waals surface area contributed by atoms with E-state index in [1.165, 1.54) is 25.3 Å². The molecule has 0 radical (unpaired) electrons. The Labute approximate surface area is 129 Å². The average molecular weight is 321 g/mol. The van der Waals surface area contributed by atoms with Gasteiger partial charge in [0.05, 0.1) is 17.6 Å². The second-order valence-electron chi connectivity index (χ2n) is 4.28. The molecule has 7 nitrogen and oxygen atoms in total. The number of ether oxygens (including phenoxy) is 1. The molecule has 22 heavy (non-hydrogen) atoms. The largest absolute Gasteiger partial charge is 0.480 e. The highest BCUT2D eigenvalue weighted by Gasteiger charge is 2.36. The number of imide groups is 1. The fourth-order valence-corrected chi connectivity index (χ4v) is 2.59. The fraction of sp³-hybridized carbons (Fsp3) is 0.143. The molecule has 1 aliphatic heterocycles. The van der Waals surface area contributed by atoms with E-state index in [9.17, 15) is 19.2 Å². The van der Waals surface area contributed by atoms with Crippen LogP contribution in [0.4, 0.5) is 4.79 Å². The fourth-order valence-electron chi connectivity index (χ4n) is 1.76. The topological polar surface area (TPSA) is 101 Å². The molecule has 1 saturated heterocycles. The number of rotatable bonds is 4. The van der Waals surface area contributed by atoms with E-state index in [1.807, 2.05) is 0 Å². The molecule has 0 atom stereocenters. The lowest BCUT2D eigenvalue weighted by molar-refractivity contribution is -0.140. The van der Waals surface area contributed by atoms with Gasteiger partial charge < -0.3 is 9.84 Å². The van der Waals surface area contributed by atoms with Gasteiger partial charge in [-0.05, 0) is 35.5 Å². The SMILES string of the molecule is COC(=O)c1ccc(/C=C2\SC(=O)N(CC(=O)O)C2=O)cc1. The molecule has 2 rings (SSSR count). The van der Waals surface area contributed by atoms with Gasteiger partial charge in [0.1, 0.15) is 6.54 Å². The standard InChI is InChI=1S/C14H11NO6S/c1-21-13(19)9-4-2-8(3-5-9)6-10-12(18)15(7-11(16)17)14(20)22-10/h2-6H,7H2,1H3,(H,16,17)/b10-6-. The Kier molecular flexibility index (Phi) is 4.62. The Morgan fingerprint density at radius 3 is 2.45 bits per heavy atom. The molecular weight excluding hydrogens is 310 g/mol. The number of carbonyl (C=O) groups is 4. The highest BCUT2D eigenvalue weighted by Crippen LogP contribution is 2.31. The summed E-state index contributed by atoms with van der Waals surface area (Å²) in [6.45, 7) is -0.663. The number of carboxylic acid groups (broad SMARTS) is 1. The Balaban J connectivity index is 2.19. The van der Waals surface area contributed by atoms with Crippen LogP contribution < -0.4 is 0 Å². The molecule has 1 N–H and O–H groups in total. The van der Waals surface area contributed by atoms with Crippen molar-refractivity contribution in [3.63, 3.8) is 0 Å².